The average Bonchev–Trinajstić information content (AvgIpc) is 2.84. The minimum Gasteiger partial charge on any atom is -0.375 e. The summed E-state index contributed by atoms with van der Waals surface area (Å²) in [5.74, 6) is -0.274. The molecule has 0 radical (unpaired) electrons. The fourth-order valence-electron chi connectivity index (χ4n) is 1.70. The van der Waals surface area contributed by atoms with Crippen molar-refractivity contribution in [2.45, 2.75) is 6.54 Å². The van der Waals surface area contributed by atoms with Gasteiger partial charge in [0.1, 0.15) is 5.69 Å². The third kappa shape index (κ3) is 3.09. The minimum absolute atomic E-state index is 0.00116. The van der Waals surface area contributed by atoms with Gasteiger partial charge in [0.15, 0.2) is 5.13 Å². The van der Waals surface area contributed by atoms with Crippen LogP contribution in [0.4, 0.5) is 10.8 Å². The highest BCUT2D eigenvalue weighted by Crippen LogP contribution is 2.16. The molecule has 1 heterocycles. The van der Waals surface area contributed by atoms with Crippen molar-refractivity contribution in [2.24, 2.45) is 0 Å². The molecule has 0 aliphatic carbocycles. The van der Waals surface area contributed by atoms with Gasteiger partial charge in [0, 0.05) is 31.1 Å². The van der Waals surface area contributed by atoms with Gasteiger partial charge < -0.3 is 10.6 Å². The van der Waals surface area contributed by atoms with Gasteiger partial charge in [-0.15, -0.1) is 11.3 Å². The SMILES string of the molecule is CN(Cc1cccc([N+](=O)[O-])c1)C(=O)c1csc(N)n1. The number of aromatic nitrogens is 1. The molecule has 0 spiro atoms. The fraction of sp³-hybridized carbons (Fsp3) is 0.167. The summed E-state index contributed by atoms with van der Waals surface area (Å²) in [6.07, 6.45) is 0. The molecule has 0 saturated carbocycles. The second kappa shape index (κ2) is 5.66. The lowest BCUT2D eigenvalue weighted by Crippen LogP contribution is -2.26. The van der Waals surface area contributed by atoms with E-state index in [1.807, 2.05) is 0 Å². The molecule has 20 heavy (non-hydrogen) atoms. The summed E-state index contributed by atoms with van der Waals surface area (Å²) in [4.78, 5) is 27.6. The van der Waals surface area contributed by atoms with Crippen LogP contribution in [0.2, 0.25) is 0 Å². The molecule has 2 N–H and O–H groups in total. The lowest BCUT2D eigenvalue weighted by molar-refractivity contribution is -0.384. The van der Waals surface area contributed by atoms with E-state index in [0.29, 0.717) is 10.7 Å². The van der Waals surface area contributed by atoms with E-state index in [2.05, 4.69) is 4.98 Å². The first-order valence-electron chi connectivity index (χ1n) is 5.67. The Kier molecular flexibility index (Phi) is 3.94. The number of nitrogen functional groups attached to an aromatic ring is 1. The van der Waals surface area contributed by atoms with Gasteiger partial charge in [-0.05, 0) is 5.56 Å². The van der Waals surface area contributed by atoms with Crippen LogP contribution in [0.15, 0.2) is 29.6 Å². The van der Waals surface area contributed by atoms with Gasteiger partial charge in [-0.1, -0.05) is 12.1 Å². The van der Waals surface area contributed by atoms with Crippen LogP contribution in [0, 0.1) is 10.1 Å². The topological polar surface area (TPSA) is 102 Å². The van der Waals surface area contributed by atoms with Gasteiger partial charge in [0.05, 0.1) is 4.92 Å². The summed E-state index contributed by atoms with van der Waals surface area (Å²) in [5, 5.41) is 12.6. The zero-order chi connectivity index (χ0) is 14.7. The van der Waals surface area contributed by atoms with Gasteiger partial charge in [0.25, 0.3) is 11.6 Å². The Morgan fingerprint density at radius 1 is 1.55 bits per heavy atom. The van der Waals surface area contributed by atoms with Crippen molar-refractivity contribution >= 4 is 28.1 Å². The first-order chi connectivity index (χ1) is 9.47. The van der Waals surface area contributed by atoms with Crippen LogP contribution in [0.3, 0.4) is 0 Å². The van der Waals surface area contributed by atoms with Gasteiger partial charge in [0.2, 0.25) is 0 Å². The van der Waals surface area contributed by atoms with Crippen molar-refractivity contribution in [3.63, 3.8) is 0 Å². The van der Waals surface area contributed by atoms with Crippen LogP contribution in [0.25, 0.3) is 0 Å². The lowest BCUT2D eigenvalue weighted by atomic mass is 10.2. The Balaban J connectivity index is 2.11. The summed E-state index contributed by atoms with van der Waals surface area (Å²) in [7, 11) is 1.61. The predicted octanol–water partition coefficient (Wildman–Crippen LogP) is 1.91. The zero-order valence-electron chi connectivity index (χ0n) is 10.6. The van der Waals surface area contributed by atoms with Gasteiger partial charge in [-0.3, -0.25) is 14.9 Å². The number of thiazole rings is 1. The molecule has 2 rings (SSSR count). The zero-order valence-corrected chi connectivity index (χ0v) is 11.5. The van der Waals surface area contributed by atoms with Crippen molar-refractivity contribution in [3.05, 3.63) is 51.0 Å². The quantitative estimate of drug-likeness (QED) is 0.685. The molecule has 0 saturated heterocycles. The number of hydrogen-bond acceptors (Lipinski definition) is 6. The monoisotopic (exact) mass is 292 g/mol. The molecule has 7 nitrogen and oxygen atoms in total. The van der Waals surface area contributed by atoms with E-state index in [1.54, 1.807) is 24.6 Å². The molecule has 0 bridgehead atoms. The number of hydrogen-bond donors (Lipinski definition) is 1. The van der Waals surface area contributed by atoms with Crippen molar-refractivity contribution < 1.29 is 9.72 Å². The molecular weight excluding hydrogens is 280 g/mol. The highest BCUT2D eigenvalue weighted by Gasteiger charge is 2.16. The summed E-state index contributed by atoms with van der Waals surface area (Å²) in [6.45, 7) is 0.262. The number of amides is 1. The second-order valence-electron chi connectivity index (χ2n) is 4.16. The third-order valence-corrected chi connectivity index (χ3v) is 3.30. The van der Waals surface area contributed by atoms with Crippen LogP contribution >= 0.6 is 11.3 Å². The molecule has 8 heteroatoms. The Morgan fingerprint density at radius 3 is 2.90 bits per heavy atom. The standard InChI is InChI=1S/C12H12N4O3S/c1-15(11(17)10-7-20-12(13)14-10)6-8-3-2-4-9(5-8)16(18)19/h2-5,7H,6H2,1H3,(H2,13,14). The maximum atomic E-state index is 12.1. The fourth-order valence-corrected chi connectivity index (χ4v) is 2.23. The van der Waals surface area contributed by atoms with E-state index in [-0.39, 0.29) is 23.8 Å². The molecule has 0 aliphatic heterocycles. The van der Waals surface area contributed by atoms with E-state index in [1.165, 1.54) is 28.4 Å². The van der Waals surface area contributed by atoms with E-state index in [4.69, 9.17) is 5.73 Å². The number of nitrogens with two attached hydrogens (primary N) is 1. The molecule has 1 aromatic carbocycles. The van der Waals surface area contributed by atoms with Crippen molar-refractivity contribution in [1.82, 2.24) is 9.88 Å². The normalized spacial score (nSPS) is 10.2. The number of anilines is 1. The van der Waals surface area contributed by atoms with Crippen molar-refractivity contribution in [2.75, 3.05) is 12.8 Å². The van der Waals surface area contributed by atoms with Gasteiger partial charge in [-0.2, -0.15) is 0 Å². The number of nitro groups is 1. The number of benzene rings is 1. The first kappa shape index (κ1) is 13.9. The molecule has 0 unspecified atom stereocenters. The Labute approximate surface area is 118 Å². The molecule has 0 atom stereocenters. The number of carbonyl (C=O) groups is 1. The minimum atomic E-state index is -0.466. The number of carbonyl (C=O) groups excluding carboxylic acids is 1. The van der Waals surface area contributed by atoms with Crippen LogP contribution in [0.5, 0.6) is 0 Å². The molecule has 2 aromatic rings. The van der Waals surface area contributed by atoms with Crippen molar-refractivity contribution in [3.8, 4) is 0 Å². The Morgan fingerprint density at radius 2 is 2.30 bits per heavy atom. The molecule has 0 fully saturated rings. The summed E-state index contributed by atoms with van der Waals surface area (Å²) in [6, 6.07) is 6.17. The third-order valence-electron chi connectivity index (χ3n) is 2.63. The second-order valence-corrected chi connectivity index (χ2v) is 5.05. The van der Waals surface area contributed by atoms with E-state index >= 15 is 0 Å². The molecule has 1 amide bonds. The number of non-ortho nitro benzene ring substituents is 1. The maximum Gasteiger partial charge on any atom is 0.273 e. The molecule has 0 aliphatic rings. The molecule has 1 aromatic heterocycles. The lowest BCUT2D eigenvalue weighted by Gasteiger charge is -2.15. The van der Waals surface area contributed by atoms with Gasteiger partial charge in [-0.25, -0.2) is 4.98 Å². The first-order valence-corrected chi connectivity index (χ1v) is 6.55. The summed E-state index contributed by atoms with van der Waals surface area (Å²) < 4.78 is 0. The largest absolute Gasteiger partial charge is 0.375 e. The number of nitro benzene ring substituents is 1. The predicted molar refractivity (Wildman–Crippen MR) is 75.4 cm³/mol. The number of nitrogens with zero attached hydrogens (tertiary/aromatic N) is 3. The van der Waals surface area contributed by atoms with Crippen molar-refractivity contribution in [1.29, 1.82) is 0 Å². The Bertz CT molecular complexity index is 656. The average molecular weight is 292 g/mol. The van der Waals surface area contributed by atoms with E-state index in [9.17, 15) is 14.9 Å². The van der Waals surface area contributed by atoms with Crippen LogP contribution in [-0.2, 0) is 6.54 Å². The number of rotatable bonds is 4. The Hall–Kier alpha value is -2.48. The highest BCUT2D eigenvalue weighted by molar-refractivity contribution is 7.13. The smallest absolute Gasteiger partial charge is 0.273 e. The van der Waals surface area contributed by atoms with Crippen LogP contribution < -0.4 is 5.73 Å². The van der Waals surface area contributed by atoms with Gasteiger partial charge >= 0.3 is 0 Å². The summed E-state index contributed by atoms with van der Waals surface area (Å²) >= 11 is 1.19. The van der Waals surface area contributed by atoms with E-state index in [0.717, 1.165) is 0 Å². The molecular formula is C12H12N4O3S. The van der Waals surface area contributed by atoms with Crippen LogP contribution in [-0.4, -0.2) is 27.8 Å². The highest BCUT2D eigenvalue weighted by atomic mass is 32.1. The maximum absolute atomic E-state index is 12.1. The molecule has 104 valence electrons. The van der Waals surface area contributed by atoms with E-state index < -0.39 is 4.92 Å². The summed E-state index contributed by atoms with van der Waals surface area (Å²) in [5.41, 5.74) is 6.44. The van der Waals surface area contributed by atoms with Crippen LogP contribution in [0.1, 0.15) is 16.1 Å².